The van der Waals surface area contributed by atoms with Crippen LogP contribution in [0.15, 0.2) is 27.7 Å². The lowest BCUT2D eigenvalue weighted by molar-refractivity contribution is -0.0829. The van der Waals surface area contributed by atoms with Crippen LogP contribution in [0.3, 0.4) is 0 Å². The molecule has 2 bridgehead atoms. The van der Waals surface area contributed by atoms with E-state index in [0.717, 1.165) is 13.1 Å². The summed E-state index contributed by atoms with van der Waals surface area (Å²) in [5.41, 5.74) is 1.09. The number of pyridine rings is 1. The maximum atomic E-state index is 6.20. The molecule has 1 atom stereocenters. The van der Waals surface area contributed by atoms with Gasteiger partial charge < -0.3 is 9.15 Å². The number of aliphatic imine (C=N–C) groups is 1. The second-order valence-electron chi connectivity index (χ2n) is 6.31. The van der Waals surface area contributed by atoms with Crippen LogP contribution in [0.5, 0.6) is 0 Å². The molecule has 0 aliphatic carbocycles. The van der Waals surface area contributed by atoms with Gasteiger partial charge in [0.05, 0.1) is 6.54 Å². The summed E-state index contributed by atoms with van der Waals surface area (Å²) in [6, 6.07) is 4.56. The average Bonchev–Trinajstić information content (AvgIpc) is 3.12. The van der Waals surface area contributed by atoms with E-state index in [1.807, 2.05) is 12.1 Å². The largest absolute Gasteiger partial charge is 0.455 e. The fourth-order valence-electron chi connectivity index (χ4n) is 3.86. The van der Waals surface area contributed by atoms with E-state index >= 15 is 0 Å². The molecule has 7 nitrogen and oxygen atoms in total. The van der Waals surface area contributed by atoms with Gasteiger partial charge in [-0.25, -0.2) is 9.98 Å². The van der Waals surface area contributed by atoms with Crippen LogP contribution in [0.2, 0.25) is 0 Å². The standard InChI is InChI=1S/C15H17N5O2/c1-2-11-12(16-5-1)18-14(21-11)19-13-17-8-15(22-13)9-20-6-3-10(15)4-7-20/h1-2,5,10H,3-4,6-9H2,(H,16,17,18,19). The number of rotatable bonds is 1. The minimum absolute atomic E-state index is 0.150. The molecule has 3 saturated heterocycles. The van der Waals surface area contributed by atoms with Crippen molar-refractivity contribution in [1.29, 1.82) is 0 Å². The molecule has 2 aromatic heterocycles. The molecule has 1 spiro atoms. The third-order valence-corrected chi connectivity index (χ3v) is 4.99. The fraction of sp³-hybridized carbons (Fsp3) is 0.533. The van der Waals surface area contributed by atoms with E-state index < -0.39 is 0 Å². The Balaban J connectivity index is 1.35. The van der Waals surface area contributed by atoms with E-state index in [1.54, 1.807) is 6.20 Å². The van der Waals surface area contributed by atoms with Gasteiger partial charge in [-0.2, -0.15) is 4.98 Å². The van der Waals surface area contributed by atoms with Crippen molar-refractivity contribution in [2.75, 3.05) is 31.5 Å². The maximum Gasteiger partial charge on any atom is 0.305 e. The molecule has 0 radical (unpaired) electrons. The first-order valence-electron chi connectivity index (χ1n) is 7.75. The molecule has 0 aromatic carbocycles. The average molecular weight is 299 g/mol. The van der Waals surface area contributed by atoms with E-state index in [0.29, 0.717) is 29.2 Å². The second kappa shape index (κ2) is 4.42. The number of nitrogens with zero attached hydrogens (tertiary/aromatic N) is 4. The lowest BCUT2D eigenvalue weighted by Crippen LogP contribution is -2.61. The van der Waals surface area contributed by atoms with Crippen molar-refractivity contribution >= 4 is 23.3 Å². The number of fused-ring (bicyclic) bond motifs is 3. The predicted octanol–water partition coefficient (Wildman–Crippen LogP) is 1.49. The zero-order valence-electron chi connectivity index (χ0n) is 12.2. The van der Waals surface area contributed by atoms with E-state index in [9.17, 15) is 0 Å². The summed E-state index contributed by atoms with van der Waals surface area (Å²) in [5.74, 6) is 0.603. The molecule has 6 rings (SSSR count). The first kappa shape index (κ1) is 12.4. The Morgan fingerprint density at radius 1 is 1.32 bits per heavy atom. The Morgan fingerprint density at radius 3 is 3.00 bits per heavy atom. The number of hydrogen-bond acceptors (Lipinski definition) is 7. The van der Waals surface area contributed by atoms with Crippen LogP contribution in [0.25, 0.3) is 11.2 Å². The summed E-state index contributed by atoms with van der Waals surface area (Å²) < 4.78 is 11.8. The molecule has 0 saturated carbocycles. The van der Waals surface area contributed by atoms with Crippen LogP contribution in [0, 0.1) is 5.92 Å². The third kappa shape index (κ3) is 1.81. The van der Waals surface area contributed by atoms with Gasteiger partial charge in [0.25, 0.3) is 6.02 Å². The molecular formula is C15H17N5O2. The number of anilines is 1. The summed E-state index contributed by atoms with van der Waals surface area (Å²) in [6.45, 7) is 4.07. The molecule has 4 aliphatic rings. The topological polar surface area (TPSA) is 75.8 Å². The van der Waals surface area contributed by atoms with Crippen molar-refractivity contribution in [2.24, 2.45) is 10.9 Å². The van der Waals surface area contributed by atoms with E-state index in [2.05, 4.69) is 25.2 Å². The van der Waals surface area contributed by atoms with E-state index in [-0.39, 0.29) is 5.60 Å². The molecule has 2 aromatic rings. The number of aromatic nitrogens is 2. The summed E-state index contributed by atoms with van der Waals surface area (Å²) >= 11 is 0. The van der Waals surface area contributed by atoms with Gasteiger partial charge in [0.1, 0.15) is 5.60 Å². The van der Waals surface area contributed by atoms with Crippen LogP contribution < -0.4 is 5.32 Å². The lowest BCUT2D eigenvalue weighted by Gasteiger charge is -2.50. The number of amidine groups is 1. The van der Waals surface area contributed by atoms with Crippen molar-refractivity contribution in [3.05, 3.63) is 18.3 Å². The molecule has 6 heterocycles. The van der Waals surface area contributed by atoms with E-state index in [1.165, 1.54) is 25.9 Å². The van der Waals surface area contributed by atoms with Crippen molar-refractivity contribution in [2.45, 2.75) is 18.4 Å². The molecule has 1 unspecified atom stereocenters. The summed E-state index contributed by atoms with van der Waals surface area (Å²) in [5, 5.41) is 3.05. The maximum absolute atomic E-state index is 6.20. The van der Waals surface area contributed by atoms with Crippen molar-refractivity contribution < 1.29 is 9.15 Å². The van der Waals surface area contributed by atoms with Gasteiger partial charge in [0.2, 0.25) is 5.65 Å². The van der Waals surface area contributed by atoms with Gasteiger partial charge in [0.15, 0.2) is 5.58 Å². The highest BCUT2D eigenvalue weighted by Crippen LogP contribution is 2.40. The van der Waals surface area contributed by atoms with Gasteiger partial charge in [-0.15, -0.1) is 0 Å². The normalized spacial score (nSPS) is 33.2. The summed E-state index contributed by atoms with van der Waals surface area (Å²) in [6.07, 6.45) is 4.10. The predicted molar refractivity (Wildman–Crippen MR) is 80.7 cm³/mol. The Morgan fingerprint density at radius 2 is 2.23 bits per heavy atom. The highest BCUT2D eigenvalue weighted by molar-refractivity contribution is 5.89. The van der Waals surface area contributed by atoms with Gasteiger partial charge in [-0.05, 0) is 38.1 Å². The molecule has 3 fully saturated rings. The smallest absolute Gasteiger partial charge is 0.305 e. The Labute approximate surface area is 127 Å². The van der Waals surface area contributed by atoms with Crippen LogP contribution in [-0.4, -0.2) is 52.7 Å². The van der Waals surface area contributed by atoms with Crippen molar-refractivity contribution in [3.8, 4) is 0 Å². The van der Waals surface area contributed by atoms with E-state index in [4.69, 9.17) is 9.15 Å². The molecule has 7 heteroatoms. The Bertz CT molecular complexity index is 716. The fourth-order valence-corrected chi connectivity index (χ4v) is 3.86. The van der Waals surface area contributed by atoms with Crippen molar-refractivity contribution in [1.82, 2.24) is 14.9 Å². The molecule has 1 N–H and O–H groups in total. The monoisotopic (exact) mass is 299 g/mol. The molecular weight excluding hydrogens is 282 g/mol. The molecule has 0 amide bonds. The van der Waals surface area contributed by atoms with Gasteiger partial charge in [-0.3, -0.25) is 10.2 Å². The SMILES string of the molecule is c1cnc2nc(NC3=NCC4(CN5CCC4CC5)O3)oc2c1. The number of piperidine rings is 3. The molecule has 4 aliphatic heterocycles. The van der Waals surface area contributed by atoms with Crippen LogP contribution in [0.4, 0.5) is 6.01 Å². The zero-order valence-corrected chi connectivity index (χ0v) is 12.2. The van der Waals surface area contributed by atoms with Crippen LogP contribution >= 0.6 is 0 Å². The number of oxazole rings is 1. The first-order valence-corrected chi connectivity index (χ1v) is 7.75. The Kier molecular flexibility index (Phi) is 2.49. The van der Waals surface area contributed by atoms with Gasteiger partial charge in [0, 0.05) is 18.7 Å². The number of ether oxygens (including phenoxy) is 1. The lowest BCUT2D eigenvalue weighted by atomic mass is 9.75. The number of nitrogens with one attached hydrogen (secondary N) is 1. The number of hydrogen-bond donors (Lipinski definition) is 1. The minimum Gasteiger partial charge on any atom is -0.455 e. The van der Waals surface area contributed by atoms with Crippen LogP contribution in [-0.2, 0) is 4.74 Å². The highest BCUT2D eigenvalue weighted by atomic mass is 16.5. The molecule has 22 heavy (non-hydrogen) atoms. The Hall–Kier alpha value is -2.15. The quantitative estimate of drug-likeness (QED) is 0.859. The minimum atomic E-state index is -0.150. The molecule has 114 valence electrons. The first-order chi connectivity index (χ1) is 10.8. The second-order valence-corrected chi connectivity index (χ2v) is 6.31. The van der Waals surface area contributed by atoms with Crippen LogP contribution in [0.1, 0.15) is 12.8 Å². The zero-order chi connectivity index (χ0) is 14.6. The third-order valence-electron chi connectivity index (χ3n) is 4.99. The highest BCUT2D eigenvalue weighted by Gasteiger charge is 2.51. The summed E-state index contributed by atoms with van der Waals surface area (Å²) in [4.78, 5) is 15.5. The van der Waals surface area contributed by atoms with Gasteiger partial charge >= 0.3 is 6.01 Å². The summed E-state index contributed by atoms with van der Waals surface area (Å²) in [7, 11) is 0. The van der Waals surface area contributed by atoms with Gasteiger partial charge in [-0.1, -0.05) is 0 Å². The van der Waals surface area contributed by atoms with Crippen molar-refractivity contribution in [3.63, 3.8) is 0 Å².